The molecule has 1 N–H and O–H groups in total. The van der Waals surface area contributed by atoms with Crippen molar-refractivity contribution in [2.45, 2.75) is 55.6 Å². The lowest BCUT2D eigenvalue weighted by Crippen LogP contribution is -2.54. The van der Waals surface area contributed by atoms with Crippen LogP contribution in [0.15, 0.2) is 106 Å². The highest BCUT2D eigenvalue weighted by Crippen LogP contribution is 2.23. The molecule has 0 aromatic heterocycles. The van der Waals surface area contributed by atoms with E-state index in [2.05, 4.69) is 21.2 Å². The molecule has 1 atom stereocenters. The van der Waals surface area contributed by atoms with Crippen LogP contribution < -0.4 is 5.32 Å². The van der Waals surface area contributed by atoms with Gasteiger partial charge in [-0.1, -0.05) is 102 Å². The molecular weight excluding hydrogens is 626 g/mol. The Labute approximate surface area is 262 Å². The molecule has 0 saturated heterocycles. The Kier molecular flexibility index (Phi) is 9.95. The zero-order valence-electron chi connectivity index (χ0n) is 24.2. The van der Waals surface area contributed by atoms with E-state index in [0.717, 1.165) is 56.4 Å². The maximum Gasteiger partial charge on any atom is 0.243 e. The van der Waals surface area contributed by atoms with Crippen molar-refractivity contribution in [3.63, 3.8) is 0 Å². The lowest BCUT2D eigenvalue weighted by molar-refractivity contribution is -0.141. The lowest BCUT2D eigenvalue weighted by atomic mass is 10.0. The summed E-state index contributed by atoms with van der Waals surface area (Å²) in [4.78, 5) is 29.6. The van der Waals surface area contributed by atoms with E-state index in [1.54, 1.807) is 18.2 Å². The van der Waals surface area contributed by atoms with Crippen molar-refractivity contribution in [1.82, 2.24) is 14.5 Å². The van der Waals surface area contributed by atoms with Gasteiger partial charge in [0.1, 0.15) is 6.04 Å². The number of amides is 2. The van der Waals surface area contributed by atoms with Gasteiger partial charge >= 0.3 is 0 Å². The average Bonchev–Trinajstić information content (AvgIpc) is 3.53. The predicted molar refractivity (Wildman–Crippen MR) is 173 cm³/mol. The molecule has 0 radical (unpaired) electrons. The highest BCUT2D eigenvalue weighted by Gasteiger charge is 2.34. The SMILES string of the molecule is CN(CC(=O)N(Cc1ccc(Br)cc1)[C@H](Cc1ccccc1)C(=O)NC1CCCC1)S(=O)(=O)c1ccc2ccccc2c1. The van der Waals surface area contributed by atoms with Crippen molar-refractivity contribution in [2.75, 3.05) is 13.6 Å². The van der Waals surface area contributed by atoms with Crippen molar-refractivity contribution in [1.29, 1.82) is 0 Å². The quantitative estimate of drug-likeness (QED) is 0.216. The Morgan fingerprint density at radius 3 is 2.21 bits per heavy atom. The summed E-state index contributed by atoms with van der Waals surface area (Å²) >= 11 is 3.46. The molecular formula is C34H36BrN3O4S. The molecule has 1 fully saturated rings. The van der Waals surface area contributed by atoms with Crippen LogP contribution in [0.4, 0.5) is 0 Å². The average molecular weight is 663 g/mol. The van der Waals surface area contributed by atoms with Gasteiger partial charge in [0.15, 0.2) is 0 Å². The van der Waals surface area contributed by atoms with Gasteiger partial charge in [0, 0.05) is 30.5 Å². The normalized spacial score (nSPS) is 14.6. The van der Waals surface area contributed by atoms with Gasteiger partial charge < -0.3 is 10.2 Å². The molecule has 9 heteroatoms. The molecule has 1 saturated carbocycles. The van der Waals surface area contributed by atoms with Gasteiger partial charge in [-0.05, 0) is 59.0 Å². The molecule has 0 heterocycles. The molecule has 1 aliphatic carbocycles. The van der Waals surface area contributed by atoms with Gasteiger partial charge in [0.05, 0.1) is 11.4 Å². The van der Waals surface area contributed by atoms with E-state index < -0.39 is 28.5 Å². The Morgan fingerprint density at radius 1 is 0.860 bits per heavy atom. The van der Waals surface area contributed by atoms with E-state index >= 15 is 0 Å². The van der Waals surface area contributed by atoms with Crippen LogP contribution in [0.1, 0.15) is 36.8 Å². The summed E-state index contributed by atoms with van der Waals surface area (Å²) in [5.41, 5.74) is 1.75. The summed E-state index contributed by atoms with van der Waals surface area (Å²) < 4.78 is 29.2. The second-order valence-electron chi connectivity index (χ2n) is 11.1. The summed E-state index contributed by atoms with van der Waals surface area (Å²) in [6.45, 7) is -0.251. The Bertz CT molecular complexity index is 1670. The summed E-state index contributed by atoms with van der Waals surface area (Å²) in [6.07, 6.45) is 4.26. The second kappa shape index (κ2) is 13.8. The minimum atomic E-state index is -3.98. The summed E-state index contributed by atoms with van der Waals surface area (Å²) in [7, 11) is -2.57. The summed E-state index contributed by atoms with van der Waals surface area (Å²) in [5.74, 6) is -0.668. The molecule has 0 bridgehead atoms. The van der Waals surface area contributed by atoms with Crippen LogP contribution >= 0.6 is 15.9 Å². The van der Waals surface area contributed by atoms with Crippen molar-refractivity contribution >= 4 is 48.5 Å². The highest BCUT2D eigenvalue weighted by molar-refractivity contribution is 9.10. The first kappa shape index (κ1) is 30.9. The van der Waals surface area contributed by atoms with E-state index in [4.69, 9.17) is 0 Å². The fourth-order valence-corrected chi connectivity index (χ4v) is 7.00. The number of hydrogen-bond donors (Lipinski definition) is 1. The Balaban J connectivity index is 1.45. The van der Waals surface area contributed by atoms with E-state index in [1.165, 1.54) is 11.9 Å². The van der Waals surface area contributed by atoms with Crippen molar-refractivity contribution in [3.05, 3.63) is 113 Å². The molecule has 0 unspecified atom stereocenters. The Hall–Kier alpha value is -3.53. The van der Waals surface area contributed by atoms with Crippen molar-refractivity contribution < 1.29 is 18.0 Å². The van der Waals surface area contributed by atoms with Gasteiger partial charge in [-0.2, -0.15) is 4.31 Å². The highest BCUT2D eigenvalue weighted by atomic mass is 79.9. The van der Waals surface area contributed by atoms with E-state index in [1.807, 2.05) is 78.9 Å². The van der Waals surface area contributed by atoms with Gasteiger partial charge in [-0.3, -0.25) is 9.59 Å². The fraction of sp³-hybridized carbons (Fsp3) is 0.294. The third kappa shape index (κ3) is 7.71. The van der Waals surface area contributed by atoms with E-state index in [0.29, 0.717) is 6.42 Å². The van der Waals surface area contributed by atoms with Crippen LogP contribution in [-0.4, -0.2) is 55.1 Å². The van der Waals surface area contributed by atoms with Crippen LogP contribution in [-0.2, 0) is 32.6 Å². The molecule has 0 aliphatic heterocycles. The van der Waals surface area contributed by atoms with E-state index in [9.17, 15) is 18.0 Å². The molecule has 43 heavy (non-hydrogen) atoms. The third-order valence-corrected chi connectivity index (χ3v) is 10.4. The van der Waals surface area contributed by atoms with Gasteiger partial charge in [-0.25, -0.2) is 8.42 Å². The predicted octanol–water partition coefficient (Wildman–Crippen LogP) is 5.92. The number of rotatable bonds is 11. The van der Waals surface area contributed by atoms with Crippen LogP contribution in [0.5, 0.6) is 0 Å². The smallest absolute Gasteiger partial charge is 0.243 e. The molecule has 2 amide bonds. The number of carbonyl (C=O) groups is 2. The van der Waals surface area contributed by atoms with E-state index in [-0.39, 0.29) is 23.4 Å². The topological polar surface area (TPSA) is 86.8 Å². The minimum absolute atomic E-state index is 0.0753. The standard InChI is InChI=1S/C34H36BrN3O4S/c1-37(43(41,42)31-20-17-27-11-5-6-12-28(27)22-31)24-33(39)38(23-26-15-18-29(35)19-16-26)32(21-25-9-3-2-4-10-25)34(40)36-30-13-7-8-14-30/h2-6,9-12,15-20,22,30,32H,7-8,13-14,21,23-24H2,1H3,(H,36,40)/t32-/m1/s1. The maximum absolute atomic E-state index is 14.1. The summed E-state index contributed by atoms with van der Waals surface area (Å²) in [6, 6.07) is 28.9. The fourth-order valence-electron chi connectivity index (χ4n) is 5.58. The van der Waals surface area contributed by atoms with Crippen molar-refractivity contribution in [2.24, 2.45) is 0 Å². The number of benzene rings is 4. The number of sulfonamides is 1. The molecule has 5 rings (SSSR count). The van der Waals surface area contributed by atoms with Crippen LogP contribution in [0.25, 0.3) is 10.8 Å². The number of fused-ring (bicyclic) bond motifs is 1. The van der Waals surface area contributed by atoms with Crippen molar-refractivity contribution in [3.8, 4) is 0 Å². The zero-order chi connectivity index (χ0) is 30.4. The first-order valence-corrected chi connectivity index (χ1v) is 16.8. The number of likely N-dealkylation sites (N-methyl/N-ethyl adjacent to an activating group) is 1. The minimum Gasteiger partial charge on any atom is -0.352 e. The first-order valence-electron chi connectivity index (χ1n) is 14.5. The number of nitrogens with one attached hydrogen (secondary N) is 1. The molecule has 7 nitrogen and oxygen atoms in total. The van der Waals surface area contributed by atoms with Gasteiger partial charge in [0.25, 0.3) is 0 Å². The third-order valence-electron chi connectivity index (χ3n) is 8.03. The molecule has 224 valence electrons. The molecule has 1 aliphatic rings. The monoisotopic (exact) mass is 661 g/mol. The number of halogens is 1. The molecule has 4 aromatic carbocycles. The Morgan fingerprint density at radius 2 is 1.51 bits per heavy atom. The van der Waals surface area contributed by atoms with Gasteiger partial charge in [0.2, 0.25) is 21.8 Å². The van der Waals surface area contributed by atoms with Crippen LogP contribution in [0, 0.1) is 0 Å². The molecule has 0 spiro atoms. The number of carbonyl (C=O) groups excluding carboxylic acids is 2. The molecule has 4 aromatic rings. The largest absolute Gasteiger partial charge is 0.352 e. The van der Waals surface area contributed by atoms with Crippen LogP contribution in [0.2, 0.25) is 0 Å². The second-order valence-corrected chi connectivity index (χ2v) is 14.1. The van der Waals surface area contributed by atoms with Crippen LogP contribution in [0.3, 0.4) is 0 Å². The summed E-state index contributed by atoms with van der Waals surface area (Å²) in [5, 5.41) is 4.91. The van der Waals surface area contributed by atoms with Gasteiger partial charge in [-0.15, -0.1) is 0 Å². The maximum atomic E-state index is 14.1. The number of nitrogens with zero attached hydrogens (tertiary/aromatic N) is 2. The first-order chi connectivity index (χ1) is 20.7. The zero-order valence-corrected chi connectivity index (χ0v) is 26.6. The number of hydrogen-bond acceptors (Lipinski definition) is 4. The lowest BCUT2D eigenvalue weighted by Gasteiger charge is -2.33.